The molecule has 2 saturated carbocycles. The molecule has 2 heterocycles. The molecule has 2 saturated heterocycles. The molecule has 14 atom stereocenters. The molecule has 0 radical (unpaired) electrons. The van der Waals surface area contributed by atoms with E-state index in [1.807, 2.05) is 0 Å². The Morgan fingerprint density at radius 2 is 1.73 bits per heavy atom. The van der Waals surface area contributed by atoms with E-state index in [0.29, 0.717) is 38.9 Å². The predicted molar refractivity (Wildman–Crippen MR) is 155 cm³/mol. The number of hydrogen-bond donors (Lipinski definition) is 13. The highest BCUT2D eigenvalue weighted by atomic mass is 16.7. The monoisotopic (exact) mass is 635 g/mol. The van der Waals surface area contributed by atoms with Crippen LogP contribution in [0.15, 0.2) is 0 Å². The van der Waals surface area contributed by atoms with Crippen molar-refractivity contribution in [3.63, 3.8) is 0 Å². The summed E-state index contributed by atoms with van der Waals surface area (Å²) in [5, 5.41) is 69.2. The number of aliphatic hydroxyl groups excluding tert-OH is 5. The summed E-state index contributed by atoms with van der Waals surface area (Å²) in [6.07, 6.45) is -7.93. The summed E-state index contributed by atoms with van der Waals surface area (Å²) in [7, 11) is 0. The zero-order valence-electron chi connectivity index (χ0n) is 24.9. The number of ether oxygens (including phenoxy) is 3. The smallest absolute Gasteiger partial charge is 0.252 e. The van der Waals surface area contributed by atoms with Crippen molar-refractivity contribution < 1.29 is 49.6 Å². The maximum absolute atomic E-state index is 13.1. The molecule has 2 aliphatic heterocycles. The van der Waals surface area contributed by atoms with Crippen LogP contribution in [0.2, 0.25) is 0 Å². The lowest BCUT2D eigenvalue weighted by atomic mass is 9.71. The van der Waals surface area contributed by atoms with Gasteiger partial charge in [0, 0.05) is 50.0 Å². The van der Waals surface area contributed by atoms with E-state index < -0.39 is 97.2 Å². The van der Waals surface area contributed by atoms with E-state index in [2.05, 4.69) is 10.6 Å². The third-order valence-electron chi connectivity index (χ3n) is 9.54. The van der Waals surface area contributed by atoms with E-state index in [1.54, 1.807) is 0 Å². The largest absolute Gasteiger partial charge is 0.394 e. The summed E-state index contributed by atoms with van der Waals surface area (Å²) >= 11 is 0. The Kier molecular flexibility index (Phi) is 12.3. The van der Waals surface area contributed by atoms with E-state index in [-0.39, 0.29) is 31.4 Å². The Hall–Kier alpha value is -1.13. The highest BCUT2D eigenvalue weighted by molar-refractivity contribution is 5.86. The Labute approximate surface area is 256 Å². The Bertz CT molecular complexity index is 933. The first kappa shape index (κ1) is 35.7. The van der Waals surface area contributed by atoms with Gasteiger partial charge in [-0.1, -0.05) is 0 Å². The molecule has 44 heavy (non-hydrogen) atoms. The first-order valence-corrected chi connectivity index (χ1v) is 15.6. The first-order chi connectivity index (χ1) is 20.8. The minimum Gasteiger partial charge on any atom is -0.394 e. The fourth-order valence-electron chi connectivity index (χ4n) is 6.89. The van der Waals surface area contributed by atoms with Crippen LogP contribution in [-0.2, 0) is 19.0 Å². The zero-order chi connectivity index (χ0) is 32.3. The molecule has 14 unspecified atom stereocenters. The highest BCUT2D eigenvalue weighted by Crippen LogP contribution is 2.38. The van der Waals surface area contributed by atoms with Crippen LogP contribution in [0.1, 0.15) is 38.5 Å². The molecule has 0 aromatic heterocycles. The lowest BCUT2D eigenvalue weighted by Gasteiger charge is -2.51. The average molecular weight is 636 g/mol. The third kappa shape index (κ3) is 7.87. The van der Waals surface area contributed by atoms with Gasteiger partial charge < -0.3 is 84.2 Å². The van der Waals surface area contributed by atoms with Crippen LogP contribution in [0.4, 0.5) is 0 Å². The molecule has 0 aromatic carbocycles. The summed E-state index contributed by atoms with van der Waals surface area (Å²) in [6, 6.07) is -3.72. The van der Waals surface area contributed by atoms with Crippen LogP contribution in [0.25, 0.3) is 0 Å². The molecule has 4 fully saturated rings. The Morgan fingerprint density at radius 1 is 1.02 bits per heavy atom. The molecule has 17 heteroatoms. The van der Waals surface area contributed by atoms with E-state index in [1.165, 1.54) is 0 Å². The van der Waals surface area contributed by atoms with E-state index >= 15 is 0 Å². The lowest BCUT2D eigenvalue weighted by Crippen LogP contribution is -2.70. The quantitative estimate of drug-likeness (QED) is 0.0947. The molecule has 4 rings (SSSR count). The normalized spacial score (nSPS) is 47.1. The minimum absolute atomic E-state index is 0.0626. The number of nitrogens with two attached hydrogens (primary N) is 5. The molecule has 0 aromatic rings. The second-order valence-corrected chi connectivity index (χ2v) is 13.0. The topological polar surface area (TPSA) is 320 Å². The number of carbonyl (C=O) groups is 1. The number of hydrogen-bond acceptors (Lipinski definition) is 16. The van der Waals surface area contributed by atoms with Gasteiger partial charge in [0.15, 0.2) is 6.29 Å². The summed E-state index contributed by atoms with van der Waals surface area (Å²) in [5.41, 5.74) is 28.7. The third-order valence-corrected chi connectivity index (χ3v) is 9.54. The molecule has 256 valence electrons. The number of rotatable bonds is 12. The molecule has 18 N–H and O–H groups in total. The van der Waals surface area contributed by atoms with Gasteiger partial charge in [-0.15, -0.1) is 0 Å². The number of carbonyl (C=O) groups excluding carboxylic acids is 1. The Morgan fingerprint density at radius 3 is 2.36 bits per heavy atom. The van der Waals surface area contributed by atoms with Gasteiger partial charge in [0.25, 0.3) is 5.91 Å². The van der Waals surface area contributed by atoms with Crippen molar-refractivity contribution in [1.82, 2.24) is 10.6 Å². The predicted octanol–water partition coefficient (Wildman–Crippen LogP) is -6.64. The molecular weight excluding hydrogens is 582 g/mol. The van der Waals surface area contributed by atoms with Crippen molar-refractivity contribution in [3.8, 4) is 0 Å². The first-order valence-electron chi connectivity index (χ1n) is 15.6. The number of nitrogens with one attached hydrogen (secondary N) is 2. The zero-order valence-corrected chi connectivity index (χ0v) is 24.9. The van der Waals surface area contributed by atoms with Crippen LogP contribution in [0.3, 0.4) is 0 Å². The average Bonchev–Trinajstić information content (AvgIpc) is 2.95. The van der Waals surface area contributed by atoms with Crippen LogP contribution >= 0.6 is 0 Å². The fourth-order valence-corrected chi connectivity index (χ4v) is 6.89. The molecule has 0 spiro atoms. The Balaban J connectivity index is 1.52. The SMILES string of the molecule is NCCC(O)CNCC1CCC(N)C(C2C(N)CC(NC(=O)C3(O)CC(N)C3)C(OC3OC(CO)C(O)C(N)C3O)C2O)O1. The number of amides is 1. The van der Waals surface area contributed by atoms with E-state index in [0.717, 1.165) is 0 Å². The van der Waals surface area contributed by atoms with Crippen LogP contribution in [0, 0.1) is 5.92 Å². The summed E-state index contributed by atoms with van der Waals surface area (Å²) in [4.78, 5) is 13.1. The fraction of sp³-hybridized carbons (Fsp3) is 0.963. The van der Waals surface area contributed by atoms with Crippen molar-refractivity contribution in [2.24, 2.45) is 34.6 Å². The van der Waals surface area contributed by atoms with Gasteiger partial charge in [-0.2, -0.15) is 0 Å². The van der Waals surface area contributed by atoms with Gasteiger partial charge in [-0.3, -0.25) is 4.79 Å². The van der Waals surface area contributed by atoms with Gasteiger partial charge in [0.2, 0.25) is 0 Å². The van der Waals surface area contributed by atoms with Gasteiger partial charge in [-0.05, 0) is 32.2 Å². The second-order valence-electron chi connectivity index (χ2n) is 13.0. The van der Waals surface area contributed by atoms with Crippen molar-refractivity contribution >= 4 is 5.91 Å². The van der Waals surface area contributed by atoms with Crippen LogP contribution in [-0.4, -0.2) is 154 Å². The van der Waals surface area contributed by atoms with E-state index in [9.17, 15) is 35.4 Å². The molecule has 4 aliphatic rings. The van der Waals surface area contributed by atoms with Gasteiger partial charge in [-0.25, -0.2) is 0 Å². The van der Waals surface area contributed by atoms with Gasteiger partial charge in [0.05, 0.1) is 43.1 Å². The highest BCUT2D eigenvalue weighted by Gasteiger charge is 2.55. The standard InChI is InChI=1S/C27H53N7O10/c28-4-3-12(36)8-33-9-13-1-2-14(30)23(42-13)18-15(31)5-16(34-26(40)27(41)6-11(29)7-27)24(21(18)38)44-25-22(39)19(32)20(37)17(10-35)43-25/h11-25,33,35-39,41H,1-10,28-32H2,(H,34,40). The summed E-state index contributed by atoms with van der Waals surface area (Å²) < 4.78 is 18.1. The summed E-state index contributed by atoms with van der Waals surface area (Å²) in [5.74, 6) is -1.47. The molecule has 2 aliphatic carbocycles. The van der Waals surface area contributed by atoms with E-state index in [4.69, 9.17) is 42.9 Å². The lowest BCUT2D eigenvalue weighted by molar-refractivity contribution is -0.306. The minimum atomic E-state index is -1.68. The van der Waals surface area contributed by atoms with Crippen molar-refractivity contribution in [2.75, 3.05) is 26.2 Å². The maximum atomic E-state index is 13.1. The van der Waals surface area contributed by atoms with Crippen molar-refractivity contribution in [1.29, 1.82) is 0 Å². The van der Waals surface area contributed by atoms with Crippen LogP contribution in [0.5, 0.6) is 0 Å². The van der Waals surface area contributed by atoms with Gasteiger partial charge in [0.1, 0.15) is 30.0 Å². The second kappa shape index (κ2) is 15.2. The number of aliphatic hydroxyl groups is 6. The molecule has 0 bridgehead atoms. The molecule has 1 amide bonds. The van der Waals surface area contributed by atoms with Crippen molar-refractivity contribution in [2.45, 2.75) is 129 Å². The molecule has 17 nitrogen and oxygen atoms in total. The van der Waals surface area contributed by atoms with Gasteiger partial charge >= 0.3 is 0 Å². The maximum Gasteiger partial charge on any atom is 0.252 e. The van der Waals surface area contributed by atoms with Crippen molar-refractivity contribution in [3.05, 3.63) is 0 Å². The molecular formula is C27H53N7O10. The summed E-state index contributed by atoms with van der Waals surface area (Å²) in [6.45, 7) is 0.514. The van der Waals surface area contributed by atoms with Crippen LogP contribution < -0.4 is 39.3 Å².